The van der Waals surface area contributed by atoms with E-state index in [1.54, 1.807) is 31.6 Å². The molecule has 2 N–H and O–H groups in total. The molecule has 4 aromatic heterocycles. The predicted octanol–water partition coefficient (Wildman–Crippen LogP) is 3.41. The third kappa shape index (κ3) is 3.99. The molecule has 0 spiro atoms. The number of hydrogen-bond acceptors (Lipinski definition) is 8. The Balaban J connectivity index is 1.57. The molecule has 4 heterocycles. The van der Waals surface area contributed by atoms with Crippen molar-refractivity contribution >= 4 is 17.4 Å². The van der Waals surface area contributed by atoms with Crippen molar-refractivity contribution < 1.29 is 4.52 Å². The predicted molar refractivity (Wildman–Crippen MR) is 107 cm³/mol. The summed E-state index contributed by atoms with van der Waals surface area (Å²) in [6, 6.07) is 5.47. The average molecular weight is 410 g/mol. The Hall–Kier alpha value is -3.59. The number of nitrogens with zero attached hydrogens (tertiary/aromatic N) is 5. The minimum atomic E-state index is -0.343. The minimum absolute atomic E-state index is 0.0321. The number of pyridine rings is 2. The molecule has 0 radical (unpaired) electrons. The minimum Gasteiger partial charge on any atom is -0.362 e. The van der Waals surface area contributed by atoms with Gasteiger partial charge in [0.25, 0.3) is 11.4 Å². The molecular weight excluding hydrogens is 394 g/mol. The molecule has 4 aromatic rings. The van der Waals surface area contributed by atoms with Gasteiger partial charge in [-0.3, -0.25) is 9.78 Å². The number of rotatable bonds is 5. The van der Waals surface area contributed by atoms with Crippen LogP contribution in [-0.4, -0.2) is 30.1 Å². The van der Waals surface area contributed by atoms with Gasteiger partial charge >= 0.3 is 0 Å². The number of nitrogens with one attached hydrogen (secondary N) is 2. The van der Waals surface area contributed by atoms with Gasteiger partial charge in [-0.05, 0) is 31.5 Å². The van der Waals surface area contributed by atoms with Crippen LogP contribution in [0, 0.1) is 6.92 Å². The number of anilines is 1. The zero-order chi connectivity index (χ0) is 20.4. The molecule has 1 atom stereocenters. The molecule has 0 aliphatic heterocycles. The van der Waals surface area contributed by atoms with Crippen molar-refractivity contribution in [3.63, 3.8) is 0 Å². The van der Waals surface area contributed by atoms with E-state index in [2.05, 4.69) is 35.4 Å². The zero-order valence-electron chi connectivity index (χ0n) is 15.5. The molecule has 0 fully saturated rings. The van der Waals surface area contributed by atoms with Crippen LogP contribution in [-0.2, 0) is 0 Å². The van der Waals surface area contributed by atoms with Crippen molar-refractivity contribution in [2.45, 2.75) is 19.9 Å². The summed E-state index contributed by atoms with van der Waals surface area (Å²) in [5, 5.41) is 7.50. The lowest BCUT2D eigenvalue weighted by Gasteiger charge is -2.15. The maximum atomic E-state index is 12.0. The third-order valence-electron chi connectivity index (χ3n) is 4.22. The summed E-state index contributed by atoms with van der Waals surface area (Å²) in [5.41, 5.74) is 1.41. The van der Waals surface area contributed by atoms with Crippen LogP contribution in [0.1, 0.15) is 24.4 Å². The molecule has 4 rings (SSSR count). The highest BCUT2D eigenvalue weighted by atomic mass is 35.5. The van der Waals surface area contributed by atoms with Crippen LogP contribution in [0.3, 0.4) is 0 Å². The maximum Gasteiger partial charge on any atom is 0.262 e. The Kier molecular flexibility index (Phi) is 5.05. The van der Waals surface area contributed by atoms with Crippen LogP contribution >= 0.6 is 11.6 Å². The molecule has 0 saturated heterocycles. The molecule has 0 saturated carbocycles. The van der Waals surface area contributed by atoms with Crippen molar-refractivity contribution in [1.29, 1.82) is 0 Å². The summed E-state index contributed by atoms with van der Waals surface area (Å²) in [4.78, 5) is 31.4. The van der Waals surface area contributed by atoms with E-state index in [0.29, 0.717) is 22.2 Å². The molecule has 0 bridgehead atoms. The van der Waals surface area contributed by atoms with Crippen LogP contribution in [0.2, 0.25) is 5.02 Å². The Labute approximate surface area is 170 Å². The van der Waals surface area contributed by atoms with E-state index >= 15 is 0 Å². The van der Waals surface area contributed by atoms with Crippen LogP contribution in [0.4, 0.5) is 5.82 Å². The molecule has 0 aliphatic rings. The molecule has 146 valence electrons. The smallest absolute Gasteiger partial charge is 0.262 e. The molecule has 0 aromatic carbocycles. The first-order chi connectivity index (χ1) is 14.0. The monoisotopic (exact) mass is 409 g/mol. The van der Waals surface area contributed by atoms with Gasteiger partial charge in [-0.25, -0.2) is 9.97 Å². The average Bonchev–Trinajstić information content (AvgIpc) is 3.20. The Bertz CT molecular complexity index is 1210. The van der Waals surface area contributed by atoms with Crippen molar-refractivity contribution in [3.8, 4) is 22.8 Å². The van der Waals surface area contributed by atoms with Crippen LogP contribution in [0.15, 0.2) is 52.3 Å². The second kappa shape index (κ2) is 7.80. The van der Waals surface area contributed by atoms with Crippen molar-refractivity contribution in [2.75, 3.05) is 5.32 Å². The molecule has 0 aliphatic carbocycles. The van der Waals surface area contributed by atoms with Crippen molar-refractivity contribution in [2.24, 2.45) is 0 Å². The second-order valence-corrected chi connectivity index (χ2v) is 6.75. The highest BCUT2D eigenvalue weighted by Crippen LogP contribution is 2.28. The first-order valence-electron chi connectivity index (χ1n) is 8.73. The topological polar surface area (TPSA) is 122 Å². The Morgan fingerprint density at radius 1 is 1.24 bits per heavy atom. The highest BCUT2D eigenvalue weighted by molar-refractivity contribution is 6.33. The second-order valence-electron chi connectivity index (χ2n) is 6.34. The number of H-pyrrole nitrogens is 1. The van der Waals surface area contributed by atoms with Gasteiger partial charge < -0.3 is 14.8 Å². The van der Waals surface area contributed by atoms with E-state index in [4.69, 9.17) is 16.1 Å². The summed E-state index contributed by atoms with van der Waals surface area (Å²) < 4.78 is 5.27. The van der Waals surface area contributed by atoms with Gasteiger partial charge in [0.05, 0.1) is 16.6 Å². The summed E-state index contributed by atoms with van der Waals surface area (Å²) in [6.07, 6.45) is 6.47. The number of halogens is 1. The lowest BCUT2D eigenvalue weighted by atomic mass is 10.1. The van der Waals surface area contributed by atoms with Gasteiger partial charge in [0.2, 0.25) is 5.82 Å². The van der Waals surface area contributed by atoms with E-state index in [0.717, 1.165) is 5.56 Å². The largest absolute Gasteiger partial charge is 0.362 e. The number of aryl methyl sites for hydroxylation is 1. The van der Waals surface area contributed by atoms with Crippen LogP contribution in [0.25, 0.3) is 22.8 Å². The van der Waals surface area contributed by atoms with E-state index in [9.17, 15) is 4.79 Å². The number of hydrogen-bond donors (Lipinski definition) is 2. The summed E-state index contributed by atoms with van der Waals surface area (Å²) in [5.74, 6) is 1.35. The number of aromatic amines is 1. The Morgan fingerprint density at radius 2 is 2.10 bits per heavy atom. The lowest BCUT2D eigenvalue weighted by Crippen LogP contribution is -2.12. The SMILES string of the molecule is Cc1ncc(-c2noc(-c3cnc(NC(C)c4cccnc4)c(Cl)c3)n2)c(=O)[nH]1. The number of aromatic nitrogens is 6. The third-order valence-corrected chi connectivity index (χ3v) is 4.51. The molecule has 9 nitrogen and oxygen atoms in total. The van der Waals surface area contributed by atoms with Crippen LogP contribution < -0.4 is 10.9 Å². The van der Waals surface area contributed by atoms with Gasteiger partial charge in [0.15, 0.2) is 0 Å². The maximum absolute atomic E-state index is 12.0. The highest BCUT2D eigenvalue weighted by Gasteiger charge is 2.16. The molecular formula is C19H16ClN7O2. The molecule has 29 heavy (non-hydrogen) atoms. The van der Waals surface area contributed by atoms with Gasteiger partial charge in [-0.1, -0.05) is 22.8 Å². The normalized spacial score (nSPS) is 12.0. The summed E-state index contributed by atoms with van der Waals surface area (Å²) in [6.45, 7) is 3.67. The fourth-order valence-corrected chi connectivity index (χ4v) is 2.90. The summed E-state index contributed by atoms with van der Waals surface area (Å²) in [7, 11) is 0. The first kappa shape index (κ1) is 18.8. The Morgan fingerprint density at radius 3 is 2.83 bits per heavy atom. The zero-order valence-corrected chi connectivity index (χ0v) is 16.3. The van der Waals surface area contributed by atoms with E-state index in [1.807, 2.05) is 19.1 Å². The first-order valence-corrected chi connectivity index (χ1v) is 9.11. The van der Waals surface area contributed by atoms with Crippen molar-refractivity contribution in [1.82, 2.24) is 30.1 Å². The van der Waals surface area contributed by atoms with Gasteiger partial charge in [-0.2, -0.15) is 4.98 Å². The quantitative estimate of drug-likeness (QED) is 0.514. The van der Waals surface area contributed by atoms with E-state index < -0.39 is 0 Å². The molecule has 0 amide bonds. The fourth-order valence-electron chi connectivity index (χ4n) is 2.67. The van der Waals surface area contributed by atoms with Crippen molar-refractivity contribution in [3.05, 3.63) is 69.8 Å². The van der Waals surface area contributed by atoms with Crippen LogP contribution in [0.5, 0.6) is 0 Å². The fraction of sp³-hybridized carbons (Fsp3) is 0.158. The lowest BCUT2D eigenvalue weighted by molar-refractivity contribution is 0.432. The molecule has 10 heteroatoms. The van der Waals surface area contributed by atoms with Gasteiger partial charge in [-0.15, -0.1) is 0 Å². The molecule has 1 unspecified atom stereocenters. The van der Waals surface area contributed by atoms with Gasteiger partial charge in [0, 0.05) is 24.8 Å². The van der Waals surface area contributed by atoms with E-state index in [1.165, 1.54) is 6.20 Å². The summed E-state index contributed by atoms with van der Waals surface area (Å²) >= 11 is 6.38. The standard InChI is InChI=1S/C19H16ClN7O2/c1-10(12-4-3-5-21-7-12)24-17-15(20)6-13(8-23-17)19-26-16(27-29-19)14-9-22-11(2)25-18(14)28/h3-10H,1-2H3,(H,23,24)(H,22,25,28). The van der Waals surface area contributed by atoms with Gasteiger partial charge in [0.1, 0.15) is 17.2 Å². The van der Waals surface area contributed by atoms with E-state index in [-0.39, 0.29) is 28.9 Å².